The maximum absolute atomic E-state index is 10.3. The summed E-state index contributed by atoms with van der Waals surface area (Å²) in [6.45, 7) is 2.27. The first-order valence-electron chi connectivity index (χ1n) is 19.7. The number of fused-ring (bicyclic) bond motifs is 6. The van der Waals surface area contributed by atoms with Gasteiger partial charge in [0.15, 0.2) is 0 Å². The van der Waals surface area contributed by atoms with Gasteiger partial charge in [-0.05, 0) is 103 Å². The quantitative estimate of drug-likeness (QED) is 0.177. The standard InChI is InChI=1S/C52H37N5/c1-33-20-26-42-45-17-8-15-43(51(45)56(50(42)28-33)37-24-21-34(30-53)22-25-37)40-13-5-3-11-38(40)39-12-4-6-14-41(39)44-16-9-18-46-47-29-35(31-54)23-27-49(47)57(52(44)46)48-19-7-2-10-36(48)32-55/h3-4,6,8-12,14-27,29,33H,2,5,7,13,28H2,1H3. The number of allylic oxidation sites excluding steroid dienone is 9. The molecular weight excluding hydrogens is 695 g/mol. The highest BCUT2D eigenvalue weighted by Gasteiger charge is 2.27. The molecule has 7 aromatic rings. The Hall–Kier alpha value is -7.39. The summed E-state index contributed by atoms with van der Waals surface area (Å²) in [6.07, 6.45) is 17.9. The zero-order valence-corrected chi connectivity index (χ0v) is 31.6. The molecule has 0 saturated heterocycles. The molecule has 0 saturated carbocycles. The van der Waals surface area contributed by atoms with Crippen LogP contribution >= 0.6 is 0 Å². The predicted molar refractivity (Wildman–Crippen MR) is 232 cm³/mol. The van der Waals surface area contributed by atoms with Gasteiger partial charge >= 0.3 is 0 Å². The normalized spacial score (nSPS) is 16.3. The van der Waals surface area contributed by atoms with Crippen LogP contribution in [-0.4, -0.2) is 9.13 Å². The lowest BCUT2D eigenvalue weighted by molar-refractivity contribution is 0.690. The Morgan fingerprint density at radius 3 is 2.14 bits per heavy atom. The average Bonchev–Trinajstić information content (AvgIpc) is 3.78. The molecule has 5 heteroatoms. The van der Waals surface area contributed by atoms with Crippen molar-refractivity contribution in [3.63, 3.8) is 0 Å². The fraction of sp³-hybridized carbons (Fsp3) is 0.135. The summed E-state index contributed by atoms with van der Waals surface area (Å²) in [5, 5.41) is 33.2. The van der Waals surface area contributed by atoms with Gasteiger partial charge in [-0.25, -0.2) is 0 Å². The molecule has 2 heterocycles. The van der Waals surface area contributed by atoms with Gasteiger partial charge in [-0.15, -0.1) is 0 Å². The number of nitrogens with zero attached hydrogens (tertiary/aromatic N) is 5. The van der Waals surface area contributed by atoms with Crippen LogP contribution in [0.2, 0.25) is 0 Å². The summed E-state index contributed by atoms with van der Waals surface area (Å²) in [5.74, 6) is 0.413. The van der Waals surface area contributed by atoms with Crippen molar-refractivity contribution in [1.29, 1.82) is 15.8 Å². The third-order valence-electron chi connectivity index (χ3n) is 11.9. The maximum atomic E-state index is 10.3. The van der Waals surface area contributed by atoms with Crippen LogP contribution < -0.4 is 0 Å². The molecule has 0 spiro atoms. The molecule has 2 aromatic heterocycles. The number of aromatic nitrogens is 2. The molecule has 3 aliphatic rings. The number of para-hydroxylation sites is 2. The average molecular weight is 732 g/mol. The first-order valence-corrected chi connectivity index (χ1v) is 19.7. The monoisotopic (exact) mass is 731 g/mol. The summed E-state index contributed by atoms with van der Waals surface area (Å²) in [6, 6.07) is 42.9. The van der Waals surface area contributed by atoms with Crippen LogP contribution in [0.5, 0.6) is 0 Å². The van der Waals surface area contributed by atoms with E-state index >= 15 is 0 Å². The third kappa shape index (κ3) is 5.42. The molecule has 10 rings (SSSR count). The molecule has 1 unspecified atom stereocenters. The topological polar surface area (TPSA) is 81.2 Å². The Labute approximate surface area is 331 Å². The number of benzene rings is 5. The van der Waals surface area contributed by atoms with E-state index in [2.05, 4.69) is 137 Å². The van der Waals surface area contributed by atoms with Gasteiger partial charge in [-0.2, -0.15) is 15.8 Å². The van der Waals surface area contributed by atoms with Gasteiger partial charge in [0, 0.05) is 44.2 Å². The summed E-state index contributed by atoms with van der Waals surface area (Å²) >= 11 is 0. The van der Waals surface area contributed by atoms with Gasteiger partial charge in [0.1, 0.15) is 6.07 Å². The van der Waals surface area contributed by atoms with Crippen molar-refractivity contribution >= 4 is 55.6 Å². The third-order valence-corrected chi connectivity index (χ3v) is 11.9. The summed E-state index contributed by atoms with van der Waals surface area (Å²) in [4.78, 5) is 0. The second kappa shape index (κ2) is 13.7. The molecule has 270 valence electrons. The molecule has 0 bridgehead atoms. The molecule has 1 atom stereocenters. The zero-order chi connectivity index (χ0) is 38.6. The van der Waals surface area contributed by atoms with Crippen LogP contribution in [0, 0.1) is 39.9 Å². The van der Waals surface area contributed by atoms with E-state index in [1.165, 1.54) is 38.9 Å². The number of rotatable bonds is 5. The maximum Gasteiger partial charge on any atom is 0.101 e. The Morgan fingerprint density at radius 1 is 0.614 bits per heavy atom. The van der Waals surface area contributed by atoms with Crippen molar-refractivity contribution in [1.82, 2.24) is 9.13 Å². The van der Waals surface area contributed by atoms with E-state index in [0.717, 1.165) is 82.0 Å². The van der Waals surface area contributed by atoms with Gasteiger partial charge in [0.2, 0.25) is 0 Å². The Bertz CT molecular complexity index is 3130. The van der Waals surface area contributed by atoms with E-state index in [-0.39, 0.29) is 0 Å². The molecule has 0 radical (unpaired) electrons. The van der Waals surface area contributed by atoms with Crippen LogP contribution in [0.25, 0.3) is 72.4 Å². The van der Waals surface area contributed by atoms with Gasteiger partial charge in [0.25, 0.3) is 0 Å². The van der Waals surface area contributed by atoms with E-state index in [1.54, 1.807) is 0 Å². The second-order valence-electron chi connectivity index (χ2n) is 15.3. The van der Waals surface area contributed by atoms with Gasteiger partial charge in [-0.3, -0.25) is 0 Å². The second-order valence-corrected chi connectivity index (χ2v) is 15.3. The highest BCUT2D eigenvalue weighted by atomic mass is 15.0. The van der Waals surface area contributed by atoms with Gasteiger partial charge < -0.3 is 9.13 Å². The largest absolute Gasteiger partial charge is 0.312 e. The Balaban J connectivity index is 1.25. The van der Waals surface area contributed by atoms with Crippen molar-refractivity contribution < 1.29 is 0 Å². The summed E-state index contributed by atoms with van der Waals surface area (Å²) in [7, 11) is 0. The first kappa shape index (κ1) is 34.1. The first-order chi connectivity index (χ1) is 28.1. The van der Waals surface area contributed by atoms with Crippen molar-refractivity contribution in [2.75, 3.05) is 0 Å². The van der Waals surface area contributed by atoms with E-state index in [1.807, 2.05) is 36.4 Å². The molecule has 0 N–H and O–H groups in total. The van der Waals surface area contributed by atoms with Crippen molar-refractivity contribution in [3.05, 3.63) is 173 Å². The number of nitriles is 3. The minimum Gasteiger partial charge on any atom is -0.312 e. The van der Waals surface area contributed by atoms with Gasteiger partial charge in [-0.1, -0.05) is 104 Å². The fourth-order valence-corrected chi connectivity index (χ4v) is 9.38. The SMILES string of the molecule is CC1C=Cc2c(n(-c3ccc(C#N)cc3)c3c(C4=C(c5ccccc5-c5cccc6c7cc(C#N)ccc7n(C7=CCCC=C7C#N)c56)C=CCC4)cccc23)C1. The van der Waals surface area contributed by atoms with E-state index in [0.29, 0.717) is 22.6 Å². The van der Waals surface area contributed by atoms with Crippen molar-refractivity contribution in [2.24, 2.45) is 5.92 Å². The molecule has 5 aromatic carbocycles. The fourth-order valence-electron chi connectivity index (χ4n) is 9.38. The van der Waals surface area contributed by atoms with Crippen molar-refractivity contribution in [3.8, 4) is 35.0 Å². The van der Waals surface area contributed by atoms with Crippen LogP contribution in [-0.2, 0) is 6.42 Å². The van der Waals surface area contributed by atoms with Crippen LogP contribution in [0.4, 0.5) is 0 Å². The molecular formula is C52H37N5. The molecule has 0 amide bonds. The highest BCUT2D eigenvalue weighted by Crippen LogP contribution is 2.46. The molecule has 3 aliphatic carbocycles. The molecule has 5 nitrogen and oxygen atoms in total. The van der Waals surface area contributed by atoms with E-state index in [9.17, 15) is 15.8 Å². The van der Waals surface area contributed by atoms with Crippen LogP contribution in [0.15, 0.2) is 139 Å². The molecule has 57 heavy (non-hydrogen) atoms. The summed E-state index contributed by atoms with van der Waals surface area (Å²) < 4.78 is 4.70. The predicted octanol–water partition coefficient (Wildman–Crippen LogP) is 12.7. The van der Waals surface area contributed by atoms with E-state index < -0.39 is 0 Å². The van der Waals surface area contributed by atoms with E-state index in [4.69, 9.17) is 0 Å². The number of hydrogen-bond donors (Lipinski definition) is 0. The minimum absolute atomic E-state index is 0.413. The minimum atomic E-state index is 0.413. The highest BCUT2D eigenvalue weighted by molar-refractivity contribution is 6.17. The van der Waals surface area contributed by atoms with Crippen LogP contribution in [0.3, 0.4) is 0 Å². The smallest absolute Gasteiger partial charge is 0.101 e. The zero-order valence-electron chi connectivity index (χ0n) is 31.6. The number of hydrogen-bond acceptors (Lipinski definition) is 3. The lowest BCUT2D eigenvalue weighted by Crippen LogP contribution is -2.09. The Morgan fingerprint density at radius 2 is 1.33 bits per heavy atom. The molecule has 0 aliphatic heterocycles. The lowest BCUT2D eigenvalue weighted by Gasteiger charge is -2.22. The van der Waals surface area contributed by atoms with Crippen molar-refractivity contribution in [2.45, 2.75) is 39.0 Å². The van der Waals surface area contributed by atoms with Crippen LogP contribution in [0.1, 0.15) is 66.1 Å². The lowest BCUT2D eigenvalue weighted by atomic mass is 9.84. The Kier molecular flexibility index (Phi) is 8.22. The van der Waals surface area contributed by atoms with Gasteiger partial charge in [0.05, 0.1) is 51.1 Å². The molecule has 0 fully saturated rings. The summed E-state index contributed by atoms with van der Waals surface area (Å²) in [5.41, 5.74) is 16.7.